The van der Waals surface area contributed by atoms with Crippen LogP contribution in [0.25, 0.3) is 0 Å². The molecular formula is C11H24N2O4S2. The van der Waals surface area contributed by atoms with Crippen molar-refractivity contribution in [2.75, 3.05) is 31.6 Å². The molecular weight excluding hydrogens is 288 g/mol. The van der Waals surface area contributed by atoms with Gasteiger partial charge in [0.1, 0.15) is 0 Å². The van der Waals surface area contributed by atoms with E-state index in [9.17, 15) is 16.8 Å². The summed E-state index contributed by atoms with van der Waals surface area (Å²) >= 11 is 0. The maximum absolute atomic E-state index is 11.6. The van der Waals surface area contributed by atoms with Crippen molar-refractivity contribution in [3.05, 3.63) is 0 Å². The topological polar surface area (TPSA) is 83.6 Å². The lowest BCUT2D eigenvalue weighted by atomic mass is 9.99. The Balaban J connectivity index is 2.34. The first-order valence-electron chi connectivity index (χ1n) is 6.67. The average molecular weight is 312 g/mol. The molecule has 0 spiro atoms. The van der Waals surface area contributed by atoms with Crippen LogP contribution in [0.2, 0.25) is 0 Å². The Morgan fingerprint density at radius 3 is 2.21 bits per heavy atom. The van der Waals surface area contributed by atoms with E-state index < -0.39 is 20.0 Å². The monoisotopic (exact) mass is 312 g/mol. The molecule has 0 atom stereocenters. The van der Waals surface area contributed by atoms with Crippen molar-refractivity contribution in [3.63, 3.8) is 0 Å². The summed E-state index contributed by atoms with van der Waals surface area (Å²) in [5, 5.41) is 0. The largest absolute Gasteiger partial charge is 0.215 e. The van der Waals surface area contributed by atoms with Gasteiger partial charge in [0.05, 0.1) is 12.0 Å². The van der Waals surface area contributed by atoms with Gasteiger partial charge in [0.2, 0.25) is 20.0 Å². The van der Waals surface area contributed by atoms with Gasteiger partial charge in [-0.3, -0.25) is 0 Å². The number of hydrogen-bond donors (Lipinski definition) is 1. The van der Waals surface area contributed by atoms with Crippen LogP contribution in [0.4, 0.5) is 0 Å². The summed E-state index contributed by atoms with van der Waals surface area (Å²) in [5.74, 6) is 0.403. The summed E-state index contributed by atoms with van der Waals surface area (Å²) in [6.45, 7) is 3.35. The highest BCUT2D eigenvalue weighted by molar-refractivity contribution is 7.89. The van der Waals surface area contributed by atoms with Crippen molar-refractivity contribution < 1.29 is 16.8 Å². The summed E-state index contributed by atoms with van der Waals surface area (Å²) in [6.07, 6.45) is 4.16. The number of nitrogens with zero attached hydrogens (tertiary/aromatic N) is 1. The van der Waals surface area contributed by atoms with Crippen LogP contribution in [-0.2, 0) is 20.0 Å². The zero-order valence-electron chi connectivity index (χ0n) is 11.6. The average Bonchev–Trinajstić information content (AvgIpc) is 2.34. The van der Waals surface area contributed by atoms with Crippen LogP contribution in [0.15, 0.2) is 0 Å². The van der Waals surface area contributed by atoms with E-state index in [0.717, 1.165) is 6.42 Å². The number of piperidine rings is 1. The van der Waals surface area contributed by atoms with Gasteiger partial charge in [-0.15, -0.1) is 0 Å². The van der Waals surface area contributed by atoms with Crippen molar-refractivity contribution in [3.8, 4) is 0 Å². The standard InChI is InChI=1S/C11H24N2O4S2/c1-3-4-9-19(16,17)12-10-11-5-7-13(8-6-11)18(2,14)15/h11-12H,3-10H2,1-2H3. The summed E-state index contributed by atoms with van der Waals surface area (Å²) in [4.78, 5) is 0. The van der Waals surface area contributed by atoms with Gasteiger partial charge < -0.3 is 0 Å². The van der Waals surface area contributed by atoms with E-state index in [1.165, 1.54) is 10.6 Å². The predicted molar refractivity (Wildman–Crippen MR) is 75.8 cm³/mol. The van der Waals surface area contributed by atoms with Crippen LogP contribution in [0.1, 0.15) is 32.6 Å². The molecule has 1 aliphatic rings. The molecule has 1 saturated heterocycles. The molecule has 114 valence electrons. The molecule has 8 heteroatoms. The normalized spacial score (nSPS) is 19.7. The molecule has 0 saturated carbocycles. The van der Waals surface area contributed by atoms with Crippen LogP contribution < -0.4 is 4.72 Å². The smallest absolute Gasteiger partial charge is 0.211 e. The number of sulfonamides is 2. The molecule has 0 unspecified atom stereocenters. The van der Waals surface area contributed by atoms with Gasteiger partial charge >= 0.3 is 0 Å². The molecule has 6 nitrogen and oxygen atoms in total. The lowest BCUT2D eigenvalue weighted by Gasteiger charge is -2.30. The minimum absolute atomic E-state index is 0.172. The Morgan fingerprint density at radius 2 is 1.74 bits per heavy atom. The fraction of sp³-hybridized carbons (Fsp3) is 1.00. The van der Waals surface area contributed by atoms with E-state index in [0.29, 0.717) is 38.9 Å². The lowest BCUT2D eigenvalue weighted by molar-refractivity contribution is 0.275. The summed E-state index contributed by atoms with van der Waals surface area (Å²) < 4.78 is 50.0. The van der Waals surface area contributed by atoms with Crippen molar-refractivity contribution in [1.29, 1.82) is 0 Å². The Labute approximate surface area is 116 Å². The first-order chi connectivity index (χ1) is 8.74. The van der Waals surface area contributed by atoms with E-state index >= 15 is 0 Å². The Kier molecular flexibility index (Phi) is 6.22. The maximum atomic E-state index is 11.6. The second-order valence-corrected chi connectivity index (χ2v) is 9.04. The molecule has 0 aliphatic carbocycles. The van der Waals surface area contributed by atoms with Gasteiger partial charge in [0, 0.05) is 19.6 Å². The van der Waals surface area contributed by atoms with E-state index in [1.54, 1.807) is 0 Å². The second-order valence-electron chi connectivity index (χ2n) is 5.13. The minimum atomic E-state index is -3.17. The molecule has 1 aliphatic heterocycles. The van der Waals surface area contributed by atoms with E-state index in [2.05, 4.69) is 4.72 Å². The van der Waals surface area contributed by atoms with Crippen molar-refractivity contribution >= 4 is 20.0 Å². The predicted octanol–water partition coefficient (Wildman–Crippen LogP) is 0.378. The Hall–Kier alpha value is -0.180. The molecule has 0 amide bonds. The first kappa shape index (κ1) is 16.9. The highest BCUT2D eigenvalue weighted by Gasteiger charge is 2.25. The molecule has 1 N–H and O–H groups in total. The maximum Gasteiger partial charge on any atom is 0.211 e. The first-order valence-corrected chi connectivity index (χ1v) is 10.2. The van der Waals surface area contributed by atoms with Crippen LogP contribution >= 0.6 is 0 Å². The third-order valence-corrected chi connectivity index (χ3v) is 6.14. The van der Waals surface area contributed by atoms with E-state index in [1.807, 2.05) is 6.92 Å². The quantitative estimate of drug-likeness (QED) is 0.736. The fourth-order valence-corrected chi connectivity index (χ4v) is 4.27. The zero-order valence-corrected chi connectivity index (χ0v) is 13.3. The van der Waals surface area contributed by atoms with Gasteiger partial charge in [-0.1, -0.05) is 13.3 Å². The minimum Gasteiger partial charge on any atom is -0.215 e. The molecule has 0 aromatic heterocycles. The fourth-order valence-electron chi connectivity index (χ4n) is 2.10. The molecule has 1 fully saturated rings. The third kappa shape index (κ3) is 6.20. The van der Waals surface area contributed by atoms with Crippen LogP contribution in [0.5, 0.6) is 0 Å². The van der Waals surface area contributed by atoms with Crippen molar-refractivity contribution in [2.45, 2.75) is 32.6 Å². The number of unbranched alkanes of at least 4 members (excludes halogenated alkanes) is 1. The van der Waals surface area contributed by atoms with Crippen molar-refractivity contribution in [1.82, 2.24) is 9.03 Å². The number of nitrogens with one attached hydrogen (secondary N) is 1. The van der Waals surface area contributed by atoms with Crippen LogP contribution in [0.3, 0.4) is 0 Å². The molecule has 1 rings (SSSR count). The molecule has 0 radical (unpaired) electrons. The van der Waals surface area contributed by atoms with E-state index in [-0.39, 0.29) is 11.7 Å². The summed E-state index contributed by atoms with van der Waals surface area (Å²) in [6, 6.07) is 0. The number of rotatable bonds is 7. The SMILES string of the molecule is CCCCS(=O)(=O)NCC1CCN(S(C)(=O)=O)CC1. The molecule has 0 bridgehead atoms. The molecule has 19 heavy (non-hydrogen) atoms. The van der Waals surface area contributed by atoms with Crippen LogP contribution in [0, 0.1) is 5.92 Å². The Bertz CT molecular complexity index is 465. The lowest BCUT2D eigenvalue weighted by Crippen LogP contribution is -2.41. The highest BCUT2D eigenvalue weighted by Crippen LogP contribution is 2.18. The van der Waals surface area contributed by atoms with Gasteiger partial charge in [-0.2, -0.15) is 0 Å². The summed E-state index contributed by atoms with van der Waals surface area (Å²) in [7, 11) is -6.28. The van der Waals surface area contributed by atoms with Crippen LogP contribution in [-0.4, -0.2) is 52.8 Å². The zero-order chi connectivity index (χ0) is 14.5. The van der Waals surface area contributed by atoms with E-state index in [4.69, 9.17) is 0 Å². The third-order valence-electron chi connectivity index (χ3n) is 3.40. The molecule has 1 heterocycles. The van der Waals surface area contributed by atoms with Crippen molar-refractivity contribution in [2.24, 2.45) is 5.92 Å². The van der Waals surface area contributed by atoms with Gasteiger partial charge in [-0.05, 0) is 25.2 Å². The highest BCUT2D eigenvalue weighted by atomic mass is 32.2. The molecule has 0 aromatic rings. The van der Waals surface area contributed by atoms with Gasteiger partial charge in [0.25, 0.3) is 0 Å². The second kappa shape index (κ2) is 7.01. The summed E-state index contributed by atoms with van der Waals surface area (Å²) in [5.41, 5.74) is 0. The Morgan fingerprint density at radius 1 is 1.16 bits per heavy atom. The number of hydrogen-bond acceptors (Lipinski definition) is 4. The van der Waals surface area contributed by atoms with Gasteiger partial charge in [-0.25, -0.2) is 25.9 Å². The molecule has 0 aromatic carbocycles. The van der Waals surface area contributed by atoms with Gasteiger partial charge in [0.15, 0.2) is 0 Å².